The van der Waals surface area contributed by atoms with Crippen molar-refractivity contribution < 1.29 is 160 Å². The molecule has 4 saturated heterocycles. The number of hydroxylamine groups is 8. The maximum atomic E-state index is 12.0. The van der Waals surface area contributed by atoms with Crippen LogP contribution in [0.3, 0.4) is 0 Å². The van der Waals surface area contributed by atoms with Crippen molar-refractivity contribution in [3.63, 3.8) is 0 Å². The van der Waals surface area contributed by atoms with Crippen LogP contribution in [0.4, 0.5) is 34.1 Å². The van der Waals surface area contributed by atoms with Crippen molar-refractivity contribution in [2.75, 3.05) is 71.3 Å². The fourth-order valence-corrected chi connectivity index (χ4v) is 21.5. The maximum absolute atomic E-state index is 12.0. The zero-order valence-electron chi connectivity index (χ0n) is 75.7. The number of hydrogen-bond acceptors (Lipinski definition) is 28. The molecule has 16 rings (SSSR count). The molecule has 9 aromatic carbocycles. The van der Waals surface area contributed by atoms with Gasteiger partial charge in [0.25, 0.3) is 47.3 Å². The molecule has 8 amide bonds. The average Bonchev–Trinajstić information content (AvgIpc) is 1.37. The van der Waals surface area contributed by atoms with Gasteiger partial charge in [0.2, 0.25) is 0 Å². The molecule has 9 aromatic rings. The Hall–Kier alpha value is -5.78. The number of fused-ring (bicyclic) bond motifs is 6. The van der Waals surface area contributed by atoms with E-state index in [0.29, 0.717) is 31.7 Å². The van der Waals surface area contributed by atoms with E-state index in [4.69, 9.17) is 66.3 Å². The second-order valence-electron chi connectivity index (χ2n) is 29.3. The summed E-state index contributed by atoms with van der Waals surface area (Å²) in [5.74, 6) is 5.57. The molecule has 0 bridgehead atoms. The predicted octanol–water partition coefficient (Wildman–Crippen LogP) is 16.4. The van der Waals surface area contributed by atoms with Gasteiger partial charge in [0, 0.05) is 146 Å². The van der Waals surface area contributed by atoms with E-state index in [1.165, 1.54) is 109 Å². The zero-order valence-corrected chi connectivity index (χ0v) is 91.4. The van der Waals surface area contributed by atoms with Gasteiger partial charge in [0.1, 0.15) is 22.6 Å². The van der Waals surface area contributed by atoms with Crippen LogP contribution in [0.2, 0.25) is 0 Å². The second kappa shape index (κ2) is 71.7. The molecule has 4 fully saturated rings. The third-order valence-corrected chi connectivity index (χ3v) is 27.9. The summed E-state index contributed by atoms with van der Waals surface area (Å²) < 4.78 is 36.9. The minimum absolute atomic E-state index is 0. The first-order valence-electron chi connectivity index (χ1n) is 42.3. The van der Waals surface area contributed by atoms with Crippen LogP contribution in [0.15, 0.2) is 245 Å². The molecule has 0 aromatic heterocycles. The van der Waals surface area contributed by atoms with Crippen LogP contribution in [0, 0.1) is 0 Å². The van der Waals surface area contributed by atoms with Crippen molar-refractivity contribution in [3.8, 4) is 0 Å². The van der Waals surface area contributed by atoms with E-state index in [9.17, 15) is 51.3 Å². The van der Waals surface area contributed by atoms with E-state index < -0.39 is 21.9 Å². The minimum atomic E-state index is -4.19. The fraction of sp³-hybridized carbons (Fsp3) is 0.337. The molecule has 0 atom stereocenters. The first-order valence-corrected chi connectivity index (χ1v) is 53.4. The number of benzene rings is 9. The summed E-state index contributed by atoms with van der Waals surface area (Å²) in [5, 5.41) is 18.1. The topological polar surface area (TPSA) is 329 Å². The number of unbranched alkanes of at least 4 members (excludes halogenated alkanes) is 2. The Morgan fingerprint density at radius 2 is 0.723 bits per heavy atom. The number of hydrogen-bond donors (Lipinski definition) is 3. The number of imide groups is 4. The average molecular weight is 2450 g/mol. The predicted molar refractivity (Wildman–Crippen MR) is 588 cm³/mol. The van der Waals surface area contributed by atoms with Crippen LogP contribution < -0.4 is 93.0 Å². The number of thiocarbonyl (C=S) groups is 1. The van der Waals surface area contributed by atoms with Crippen molar-refractivity contribution in [1.29, 1.82) is 0 Å². The summed E-state index contributed by atoms with van der Waals surface area (Å²) in [7, 11) is -3.01. The van der Waals surface area contributed by atoms with Gasteiger partial charge in [-0.2, -0.15) is 20.3 Å². The minimum Gasteiger partial charge on any atom is -1.00 e. The van der Waals surface area contributed by atoms with Gasteiger partial charge in [-0.3, -0.25) is 63.3 Å². The van der Waals surface area contributed by atoms with Gasteiger partial charge in [0.05, 0.1) is 39.7 Å². The molecular formula is C101H125Cl2I3LiN8NaO18S7. The maximum Gasteiger partial charge on any atom is 1.00 e. The monoisotopic (exact) mass is 2440 g/mol. The molecule has 0 aliphatic carbocycles. The first-order chi connectivity index (χ1) is 64.5. The van der Waals surface area contributed by atoms with E-state index in [0.717, 1.165) is 85.0 Å². The summed E-state index contributed by atoms with van der Waals surface area (Å²) in [4.78, 5) is 118. The van der Waals surface area contributed by atoms with Crippen molar-refractivity contribution in [1.82, 2.24) is 20.3 Å². The van der Waals surface area contributed by atoms with Gasteiger partial charge >= 0.3 is 48.4 Å². The smallest absolute Gasteiger partial charge is 1.00 e. The van der Waals surface area contributed by atoms with Gasteiger partial charge in [-0.1, -0.05) is 357 Å². The molecule has 0 radical (unpaired) electrons. The molecular weight excluding hydrogens is 2320 g/mol. The van der Waals surface area contributed by atoms with Crippen LogP contribution in [-0.2, 0) is 92.3 Å². The summed E-state index contributed by atoms with van der Waals surface area (Å²) in [6.07, 6.45) is 6.68. The molecule has 4 N–H and O–H groups in total. The van der Waals surface area contributed by atoms with E-state index >= 15 is 0 Å². The second-order valence-corrected chi connectivity index (χ2v) is 40.0. The van der Waals surface area contributed by atoms with Gasteiger partial charge in [0.15, 0.2) is 0 Å². The summed E-state index contributed by atoms with van der Waals surface area (Å²) in [5.41, 5.74) is 20.5. The zero-order chi connectivity index (χ0) is 95.6. The number of para-hydroxylation sites is 6. The number of thioether (sulfide) groups is 5. The molecule has 0 spiro atoms. The number of carbonyl (C=O) groups excluding carboxylic acids is 8. The van der Waals surface area contributed by atoms with E-state index in [1.807, 2.05) is 94.6 Å². The Morgan fingerprint density at radius 1 is 0.447 bits per heavy atom. The van der Waals surface area contributed by atoms with Crippen LogP contribution >= 0.6 is 139 Å². The molecule has 0 saturated carbocycles. The number of rotatable bonds is 30. The number of carbonyl (C=O) groups is 8. The third kappa shape index (κ3) is 40.0. The summed E-state index contributed by atoms with van der Waals surface area (Å²) in [6, 6.07) is 82.6. The molecule has 40 heteroatoms. The standard InChI is InChI=1S/C30H30N2O3S2.C26H28N2OS2.C24H23NO3S3.C5H6ClNO3.C5H6INO3.C4H5NO3.CH2ClI.CH4O2.5CH4.HI.Li.Na.H2/c1-2-3-19-36-30(37-21-35-32-27(33)17-18-28(32)34)29-23-13-7-9-15-25(23)31(20-22-11-5-4-6-12-22)26-16-10-8-14-24(26)29;1-2-3-17-30-26(31-19-29-27)25-21-13-7-9-15-23(21)28(18-20-11-5-4-6-12-20)24-16-10-8-14-22(24)25;26-31(27,28)16-8-15-30-24(29)23-19-11-4-6-13-21(19)25(17-18-9-2-1-3-10-18)22-14-7-5-12-20(22)23;2*6-3-10-7-4(8)1-2-5(7)9;6-3-1-2-4(7)5(3)8;2-1-3;1-3-2;;;;;;;;;/h4-16H,2-3,17-21H2,1H3;4-16H,2-3,17-19,27H2,1H3;1-7,9-14,23H,8,15-17H2,(H,26,27,28);2*1-3H2;8H,1-2H2;1H2;2H,1H3;5*1H4;1H;;;1H/q;;;;;;;;;;;;;;2*+1;/p-2/i;;;;;;;;;;;;;;;;1+1. The van der Waals surface area contributed by atoms with Gasteiger partial charge in [-0.05, 0) is 101 Å². The Labute approximate surface area is 948 Å². The Balaban J connectivity index is 0.00000175. The molecule has 0 unspecified atom stereocenters. The third-order valence-electron chi connectivity index (χ3n) is 20.4. The largest absolute Gasteiger partial charge is 1.00 e. The number of halogens is 5. The first kappa shape index (κ1) is 133. The normalized spacial score (nSPS) is 13.6. The Morgan fingerprint density at radius 3 is 1.02 bits per heavy atom. The van der Waals surface area contributed by atoms with Gasteiger partial charge in [-0.15, -0.1) is 46.9 Å². The van der Waals surface area contributed by atoms with Crippen LogP contribution in [0.1, 0.15) is 192 Å². The van der Waals surface area contributed by atoms with Crippen molar-refractivity contribution >= 4 is 246 Å². The molecule has 756 valence electrons. The van der Waals surface area contributed by atoms with E-state index in [-0.39, 0.29) is 227 Å². The summed E-state index contributed by atoms with van der Waals surface area (Å²) >= 11 is 28.4. The molecule has 7 heterocycles. The Bertz CT molecular complexity index is 5360. The van der Waals surface area contributed by atoms with Gasteiger partial charge in [-0.25, -0.2) is 24.0 Å². The number of nitrogens with zero attached hydrogens (tertiary/aromatic N) is 7. The van der Waals surface area contributed by atoms with Crippen LogP contribution in [0.5, 0.6) is 0 Å². The number of alkyl halides is 4. The van der Waals surface area contributed by atoms with Crippen LogP contribution in [-0.4, -0.2) is 152 Å². The van der Waals surface area contributed by atoms with E-state index in [1.54, 1.807) is 23.5 Å². The van der Waals surface area contributed by atoms with E-state index in [2.05, 4.69) is 249 Å². The molecule has 141 heavy (non-hydrogen) atoms. The number of nitrogens with two attached hydrogens (primary N) is 1. The van der Waals surface area contributed by atoms with Crippen molar-refractivity contribution in [3.05, 3.63) is 295 Å². The fourth-order valence-electron chi connectivity index (χ4n) is 14.5. The van der Waals surface area contributed by atoms with Crippen molar-refractivity contribution in [2.24, 2.45) is 5.90 Å². The quantitative estimate of drug-likeness (QED) is 0.00322. The van der Waals surface area contributed by atoms with Gasteiger partial charge < -0.3 is 43.2 Å². The SMILES string of the molecule is C.C.C.C.C.CCCCSC(SCON)=C1c2ccccc2N(Cc2ccccc2)c2ccccc21.CCCCSC(SCON1C(=O)CCC1=O)=C1c2ccccc2N(Cc2ccccc2)c2ccccc21.COO.ClCI.O=C1CCC(=O)N1O.O=C1CCC(=O)N1OCCl.O=C1CCC(=O)N1OCI.O=S(=O)([O-])CCCSC(=S)C1c2ccccc2N(Cc2ccccc2)c2ccccc21.[2HH].[I-].[Li+].[Na+]. The number of amides is 8. The summed E-state index contributed by atoms with van der Waals surface area (Å²) in [6.45, 7) is 6.79. The Kier molecular flexibility index (Phi) is 67.8. The molecule has 7 aliphatic heterocycles. The van der Waals surface area contributed by atoms with Crippen LogP contribution in [0.25, 0.3) is 11.1 Å². The molecule has 7 aliphatic rings. The van der Waals surface area contributed by atoms with Crippen molar-refractivity contribution in [2.45, 2.75) is 160 Å². The molecule has 26 nitrogen and oxygen atoms in total. The number of anilines is 6.